The van der Waals surface area contributed by atoms with Crippen molar-refractivity contribution in [3.63, 3.8) is 0 Å². The molecular formula is C21H25N2O4+. The highest BCUT2D eigenvalue weighted by atomic mass is 16.5. The second-order valence-corrected chi connectivity index (χ2v) is 6.64. The van der Waals surface area contributed by atoms with Crippen molar-refractivity contribution in [2.45, 2.75) is 19.6 Å². The number of hydrogen-bond acceptors (Lipinski definition) is 4. The molecule has 142 valence electrons. The summed E-state index contributed by atoms with van der Waals surface area (Å²) in [6.07, 6.45) is -0.879. The van der Waals surface area contributed by atoms with E-state index >= 15 is 0 Å². The summed E-state index contributed by atoms with van der Waals surface area (Å²) in [5, 5.41) is 2.72. The Bertz CT molecular complexity index is 756. The standard InChI is InChI=1S/C21H24N2O4/c1-16(20(24)22-19-5-3-2-4-6-19)27-21(25)18-9-7-17(8-10-18)15-23-11-13-26-14-12-23/h2-10,16H,11-15H2,1H3,(H,22,24)/p+1/t16-/m0/s1. The van der Waals surface area contributed by atoms with Gasteiger partial charge in [-0.25, -0.2) is 4.79 Å². The average molecular weight is 369 g/mol. The van der Waals surface area contributed by atoms with E-state index in [0.29, 0.717) is 11.3 Å². The van der Waals surface area contributed by atoms with Gasteiger partial charge in [0.15, 0.2) is 6.10 Å². The Morgan fingerprint density at radius 1 is 1.07 bits per heavy atom. The summed E-state index contributed by atoms with van der Waals surface area (Å²) in [5.41, 5.74) is 2.27. The molecule has 0 unspecified atom stereocenters. The van der Waals surface area contributed by atoms with E-state index in [4.69, 9.17) is 9.47 Å². The van der Waals surface area contributed by atoms with Crippen molar-refractivity contribution in [1.29, 1.82) is 0 Å². The van der Waals surface area contributed by atoms with Gasteiger partial charge in [0.2, 0.25) is 0 Å². The molecule has 6 heteroatoms. The number of amides is 1. The van der Waals surface area contributed by atoms with Gasteiger partial charge in [-0.1, -0.05) is 30.3 Å². The minimum atomic E-state index is -0.879. The van der Waals surface area contributed by atoms with Crippen LogP contribution < -0.4 is 10.2 Å². The molecule has 1 amide bonds. The molecule has 1 heterocycles. The predicted molar refractivity (Wildman–Crippen MR) is 102 cm³/mol. The SMILES string of the molecule is C[C@H](OC(=O)c1ccc(C[NH+]2CCOCC2)cc1)C(=O)Nc1ccccc1. The van der Waals surface area contributed by atoms with Crippen molar-refractivity contribution in [2.75, 3.05) is 31.6 Å². The highest BCUT2D eigenvalue weighted by molar-refractivity contribution is 5.97. The fourth-order valence-corrected chi connectivity index (χ4v) is 2.93. The minimum Gasteiger partial charge on any atom is -0.449 e. The van der Waals surface area contributed by atoms with Crippen LogP contribution in [0.5, 0.6) is 0 Å². The molecule has 1 saturated heterocycles. The maximum Gasteiger partial charge on any atom is 0.338 e. The normalized spacial score (nSPS) is 15.7. The molecule has 2 aromatic carbocycles. The Morgan fingerprint density at radius 3 is 2.41 bits per heavy atom. The van der Waals surface area contributed by atoms with Crippen molar-refractivity contribution in [1.82, 2.24) is 0 Å². The molecule has 1 atom stereocenters. The van der Waals surface area contributed by atoms with E-state index in [9.17, 15) is 9.59 Å². The lowest BCUT2D eigenvalue weighted by Gasteiger charge is -2.23. The zero-order valence-corrected chi connectivity index (χ0v) is 15.4. The highest BCUT2D eigenvalue weighted by Crippen LogP contribution is 2.10. The number of esters is 1. The zero-order chi connectivity index (χ0) is 19.1. The third kappa shape index (κ3) is 5.64. The van der Waals surface area contributed by atoms with Gasteiger partial charge >= 0.3 is 5.97 Å². The van der Waals surface area contributed by atoms with E-state index in [1.54, 1.807) is 31.2 Å². The molecule has 1 aliphatic rings. The molecule has 0 saturated carbocycles. The second kappa shape index (κ2) is 9.30. The van der Waals surface area contributed by atoms with Crippen molar-refractivity contribution < 1.29 is 24.0 Å². The number of benzene rings is 2. The van der Waals surface area contributed by atoms with Crippen molar-refractivity contribution >= 4 is 17.6 Å². The Balaban J connectivity index is 1.51. The quantitative estimate of drug-likeness (QED) is 0.753. The van der Waals surface area contributed by atoms with E-state index in [2.05, 4.69) is 5.32 Å². The summed E-state index contributed by atoms with van der Waals surface area (Å²) in [6.45, 7) is 6.06. The van der Waals surface area contributed by atoms with Crippen LogP contribution in [0.4, 0.5) is 5.69 Å². The number of rotatable bonds is 6. The van der Waals surface area contributed by atoms with Crippen LogP contribution in [-0.2, 0) is 20.8 Å². The number of para-hydroxylation sites is 1. The Kier molecular flexibility index (Phi) is 6.57. The fourth-order valence-electron chi connectivity index (χ4n) is 2.93. The van der Waals surface area contributed by atoms with E-state index in [-0.39, 0.29) is 5.91 Å². The van der Waals surface area contributed by atoms with E-state index in [1.807, 2.05) is 30.3 Å². The van der Waals surface area contributed by atoms with Crippen LogP contribution in [0.3, 0.4) is 0 Å². The van der Waals surface area contributed by atoms with Gasteiger partial charge in [0.05, 0.1) is 18.8 Å². The number of hydrogen-bond donors (Lipinski definition) is 2. The largest absolute Gasteiger partial charge is 0.449 e. The van der Waals surface area contributed by atoms with E-state index in [1.165, 1.54) is 10.5 Å². The zero-order valence-electron chi connectivity index (χ0n) is 15.4. The van der Waals surface area contributed by atoms with Crippen LogP contribution in [0.2, 0.25) is 0 Å². The first-order valence-corrected chi connectivity index (χ1v) is 9.19. The molecule has 2 aromatic rings. The summed E-state index contributed by atoms with van der Waals surface area (Å²) in [6, 6.07) is 16.5. The maximum atomic E-state index is 12.3. The van der Waals surface area contributed by atoms with Gasteiger partial charge in [-0.3, -0.25) is 4.79 Å². The fraction of sp³-hybridized carbons (Fsp3) is 0.333. The minimum absolute atomic E-state index is 0.359. The van der Waals surface area contributed by atoms with Gasteiger partial charge in [0.25, 0.3) is 5.91 Å². The van der Waals surface area contributed by atoms with Crippen molar-refractivity contribution in [2.24, 2.45) is 0 Å². The molecule has 6 nitrogen and oxygen atoms in total. The smallest absolute Gasteiger partial charge is 0.338 e. The topological polar surface area (TPSA) is 69.1 Å². The lowest BCUT2D eigenvalue weighted by atomic mass is 10.1. The van der Waals surface area contributed by atoms with Gasteiger partial charge in [0, 0.05) is 11.3 Å². The van der Waals surface area contributed by atoms with Crippen LogP contribution in [-0.4, -0.2) is 44.3 Å². The number of nitrogens with one attached hydrogen (secondary N) is 2. The van der Waals surface area contributed by atoms with Crippen LogP contribution in [0.1, 0.15) is 22.8 Å². The van der Waals surface area contributed by atoms with Crippen LogP contribution in [0.25, 0.3) is 0 Å². The Morgan fingerprint density at radius 2 is 1.74 bits per heavy atom. The first kappa shape index (κ1) is 19.1. The first-order valence-electron chi connectivity index (χ1n) is 9.19. The maximum absolute atomic E-state index is 12.3. The Labute approximate surface area is 159 Å². The molecule has 2 N–H and O–H groups in total. The van der Waals surface area contributed by atoms with E-state index in [0.717, 1.165) is 32.8 Å². The molecule has 0 aliphatic carbocycles. The van der Waals surface area contributed by atoms with Crippen molar-refractivity contribution in [3.05, 3.63) is 65.7 Å². The summed E-state index contributed by atoms with van der Waals surface area (Å²) in [4.78, 5) is 25.9. The average Bonchev–Trinajstić information content (AvgIpc) is 2.70. The lowest BCUT2D eigenvalue weighted by Crippen LogP contribution is -3.12. The number of carbonyl (C=O) groups is 2. The number of quaternary nitrogens is 1. The summed E-state index contributed by atoms with van der Waals surface area (Å²) < 4.78 is 10.7. The molecule has 27 heavy (non-hydrogen) atoms. The predicted octanol–water partition coefficient (Wildman–Crippen LogP) is 1.29. The molecule has 0 spiro atoms. The monoisotopic (exact) mass is 369 g/mol. The number of ether oxygens (including phenoxy) is 2. The van der Waals surface area contributed by atoms with Gasteiger partial charge < -0.3 is 19.7 Å². The van der Waals surface area contributed by atoms with Crippen LogP contribution in [0, 0.1) is 0 Å². The molecule has 0 radical (unpaired) electrons. The van der Waals surface area contributed by atoms with Gasteiger partial charge in [0.1, 0.15) is 19.6 Å². The van der Waals surface area contributed by atoms with Gasteiger partial charge in [-0.05, 0) is 31.2 Å². The first-order chi connectivity index (χ1) is 13.1. The number of morpholine rings is 1. The molecule has 3 rings (SSSR count). The van der Waals surface area contributed by atoms with Gasteiger partial charge in [-0.2, -0.15) is 0 Å². The summed E-state index contributed by atoms with van der Waals surface area (Å²) >= 11 is 0. The van der Waals surface area contributed by atoms with Crippen LogP contribution >= 0.6 is 0 Å². The third-order valence-electron chi connectivity index (χ3n) is 4.54. The molecule has 0 aromatic heterocycles. The lowest BCUT2D eigenvalue weighted by molar-refractivity contribution is -0.921. The van der Waals surface area contributed by atoms with Crippen molar-refractivity contribution in [3.8, 4) is 0 Å². The molecule has 1 fully saturated rings. The summed E-state index contributed by atoms with van der Waals surface area (Å²) in [5.74, 6) is -0.863. The van der Waals surface area contributed by atoms with E-state index < -0.39 is 12.1 Å². The number of carbonyl (C=O) groups excluding carboxylic acids is 2. The number of anilines is 1. The highest BCUT2D eigenvalue weighted by Gasteiger charge is 2.19. The molecular weight excluding hydrogens is 344 g/mol. The third-order valence-corrected chi connectivity index (χ3v) is 4.54. The Hall–Kier alpha value is -2.70. The molecule has 1 aliphatic heterocycles. The molecule has 0 bridgehead atoms. The van der Waals surface area contributed by atoms with Gasteiger partial charge in [-0.15, -0.1) is 0 Å². The summed E-state index contributed by atoms with van der Waals surface area (Å²) in [7, 11) is 0. The second-order valence-electron chi connectivity index (χ2n) is 6.64. The van der Waals surface area contributed by atoms with Crippen LogP contribution in [0.15, 0.2) is 54.6 Å².